The summed E-state index contributed by atoms with van der Waals surface area (Å²) in [5.74, 6) is 0.905. The summed E-state index contributed by atoms with van der Waals surface area (Å²) < 4.78 is 27.6. The second-order valence-corrected chi connectivity index (χ2v) is 8.53. The molecule has 1 unspecified atom stereocenters. The van der Waals surface area contributed by atoms with Crippen LogP contribution in [-0.4, -0.2) is 31.7 Å². The van der Waals surface area contributed by atoms with Crippen molar-refractivity contribution in [1.82, 2.24) is 4.31 Å². The van der Waals surface area contributed by atoms with Gasteiger partial charge in [-0.1, -0.05) is 27.5 Å². The van der Waals surface area contributed by atoms with Gasteiger partial charge < -0.3 is 0 Å². The summed E-state index contributed by atoms with van der Waals surface area (Å²) in [5.41, 5.74) is 0. The molecule has 1 aliphatic rings. The summed E-state index contributed by atoms with van der Waals surface area (Å²) in [5, 5.41) is 0.249. The lowest BCUT2D eigenvalue weighted by Gasteiger charge is -2.31. The first-order valence-corrected chi connectivity index (χ1v) is 9.61. The van der Waals surface area contributed by atoms with Crippen molar-refractivity contribution in [2.24, 2.45) is 5.92 Å². The zero-order valence-corrected chi connectivity index (χ0v) is 14.8. The van der Waals surface area contributed by atoms with E-state index in [1.54, 1.807) is 18.2 Å². The van der Waals surface area contributed by atoms with E-state index in [-0.39, 0.29) is 9.92 Å². The third kappa shape index (κ3) is 3.69. The lowest BCUT2D eigenvalue weighted by molar-refractivity contribution is 0.262. The van der Waals surface area contributed by atoms with Gasteiger partial charge in [-0.25, -0.2) is 8.42 Å². The predicted molar refractivity (Wildman–Crippen MR) is 86.0 cm³/mol. The monoisotopic (exact) mass is 399 g/mol. The van der Waals surface area contributed by atoms with Crippen molar-refractivity contribution in [2.75, 3.05) is 19.0 Å². The molecular formula is C13H16BrCl2NO2S. The van der Waals surface area contributed by atoms with E-state index in [4.69, 9.17) is 23.2 Å². The maximum atomic E-state index is 12.7. The van der Waals surface area contributed by atoms with Crippen LogP contribution in [0.3, 0.4) is 0 Å². The predicted octanol–water partition coefficient (Wildman–Crippen LogP) is 4.13. The Morgan fingerprint density at radius 3 is 2.80 bits per heavy atom. The molecule has 0 aromatic heterocycles. The van der Waals surface area contributed by atoms with Gasteiger partial charge in [0, 0.05) is 23.4 Å². The number of hydrogen-bond donors (Lipinski definition) is 0. The van der Waals surface area contributed by atoms with Crippen molar-refractivity contribution in [3.8, 4) is 0 Å². The topological polar surface area (TPSA) is 37.4 Å². The Bertz CT molecular complexity index is 578. The van der Waals surface area contributed by atoms with Crippen LogP contribution < -0.4 is 0 Å². The van der Waals surface area contributed by atoms with Crippen molar-refractivity contribution < 1.29 is 8.42 Å². The van der Waals surface area contributed by atoms with Gasteiger partial charge >= 0.3 is 0 Å². The molecule has 0 bridgehead atoms. The molecule has 1 aromatic rings. The van der Waals surface area contributed by atoms with Crippen LogP contribution in [0.15, 0.2) is 27.6 Å². The molecule has 112 valence electrons. The maximum Gasteiger partial charge on any atom is 0.244 e. The maximum absolute atomic E-state index is 12.7. The molecule has 20 heavy (non-hydrogen) atoms. The van der Waals surface area contributed by atoms with Crippen LogP contribution in [0, 0.1) is 5.92 Å². The summed E-state index contributed by atoms with van der Waals surface area (Å²) in [6, 6.07) is 4.85. The molecule has 1 aliphatic heterocycles. The van der Waals surface area contributed by atoms with Crippen LogP contribution >= 0.6 is 39.1 Å². The molecule has 1 fully saturated rings. The van der Waals surface area contributed by atoms with Gasteiger partial charge in [-0.05, 0) is 43.4 Å². The highest BCUT2D eigenvalue weighted by Gasteiger charge is 2.31. The number of hydrogen-bond acceptors (Lipinski definition) is 2. The van der Waals surface area contributed by atoms with Crippen molar-refractivity contribution in [2.45, 2.75) is 24.2 Å². The van der Waals surface area contributed by atoms with Crippen LogP contribution in [0.4, 0.5) is 0 Å². The first-order valence-electron chi connectivity index (χ1n) is 6.46. The highest BCUT2D eigenvalue weighted by molar-refractivity contribution is 9.10. The molecule has 0 saturated carbocycles. The Kier molecular flexibility index (Phi) is 5.77. The fourth-order valence-corrected chi connectivity index (χ4v) is 5.33. The standard InChI is InChI=1S/C13H16BrCl2NO2S/c14-11-3-4-13(12(16)8-11)20(18,19)17-7-1-2-10(9-17)5-6-15/h3-4,8,10H,1-2,5-7,9H2. The summed E-state index contributed by atoms with van der Waals surface area (Å²) in [6.07, 6.45) is 2.75. The smallest absolute Gasteiger partial charge is 0.207 e. The minimum absolute atomic E-state index is 0.175. The van der Waals surface area contributed by atoms with Crippen molar-refractivity contribution in [1.29, 1.82) is 0 Å². The molecule has 3 nitrogen and oxygen atoms in total. The molecule has 0 spiro atoms. The summed E-state index contributed by atoms with van der Waals surface area (Å²) >= 11 is 15.1. The summed E-state index contributed by atoms with van der Waals surface area (Å²) in [6.45, 7) is 1.08. The van der Waals surface area contributed by atoms with Crippen LogP contribution in [0.2, 0.25) is 5.02 Å². The van der Waals surface area contributed by atoms with E-state index in [0.717, 1.165) is 23.7 Å². The Labute approximate surface area is 138 Å². The van der Waals surface area contributed by atoms with E-state index < -0.39 is 10.0 Å². The van der Waals surface area contributed by atoms with Crippen molar-refractivity contribution >= 4 is 49.2 Å². The van der Waals surface area contributed by atoms with Crippen molar-refractivity contribution in [3.63, 3.8) is 0 Å². The van der Waals surface area contributed by atoms with Crippen LogP contribution in [0.25, 0.3) is 0 Å². The average molecular weight is 401 g/mol. The van der Waals surface area contributed by atoms with Crippen LogP contribution in [0.1, 0.15) is 19.3 Å². The van der Waals surface area contributed by atoms with Gasteiger partial charge in [0.2, 0.25) is 10.0 Å². The normalized spacial score (nSPS) is 21.1. The zero-order chi connectivity index (χ0) is 14.8. The fraction of sp³-hybridized carbons (Fsp3) is 0.538. The number of rotatable bonds is 4. The molecule has 0 aliphatic carbocycles. The van der Waals surface area contributed by atoms with Gasteiger partial charge in [-0.3, -0.25) is 0 Å². The first-order chi connectivity index (χ1) is 9.45. The molecule has 1 saturated heterocycles. The first kappa shape index (κ1) is 16.6. The Balaban J connectivity index is 2.25. The highest BCUT2D eigenvalue weighted by Crippen LogP contribution is 2.30. The van der Waals surface area contributed by atoms with E-state index in [9.17, 15) is 8.42 Å². The molecule has 0 radical (unpaired) electrons. The van der Waals surface area contributed by atoms with Crippen LogP contribution in [-0.2, 0) is 10.0 Å². The van der Waals surface area contributed by atoms with Gasteiger partial charge in [0.25, 0.3) is 0 Å². The van der Waals surface area contributed by atoms with Crippen molar-refractivity contribution in [3.05, 3.63) is 27.7 Å². The number of nitrogens with zero attached hydrogens (tertiary/aromatic N) is 1. The lowest BCUT2D eigenvalue weighted by atomic mass is 9.97. The Hall–Kier alpha value is 0.190. The largest absolute Gasteiger partial charge is 0.244 e. The second kappa shape index (κ2) is 6.97. The fourth-order valence-electron chi connectivity index (χ4n) is 2.46. The quantitative estimate of drug-likeness (QED) is 0.712. The third-order valence-corrected chi connectivity index (χ3v) is 6.57. The highest BCUT2D eigenvalue weighted by atomic mass is 79.9. The molecule has 1 heterocycles. The van der Waals surface area contributed by atoms with Gasteiger partial charge in [0.1, 0.15) is 4.90 Å². The van der Waals surface area contributed by atoms with E-state index in [1.807, 2.05) is 0 Å². The number of benzene rings is 1. The summed E-state index contributed by atoms with van der Waals surface area (Å²) in [7, 11) is -3.52. The molecule has 0 N–H and O–H groups in total. The number of halogens is 3. The Morgan fingerprint density at radius 1 is 1.40 bits per heavy atom. The molecular weight excluding hydrogens is 385 g/mol. The lowest BCUT2D eigenvalue weighted by Crippen LogP contribution is -2.40. The van der Waals surface area contributed by atoms with E-state index in [1.165, 1.54) is 4.31 Å². The van der Waals surface area contributed by atoms with Gasteiger partial charge in [-0.15, -0.1) is 11.6 Å². The van der Waals surface area contributed by atoms with E-state index >= 15 is 0 Å². The van der Waals surface area contributed by atoms with Gasteiger partial charge in [0.15, 0.2) is 0 Å². The third-order valence-electron chi connectivity index (χ3n) is 3.51. The SMILES string of the molecule is O=S(=O)(c1ccc(Br)cc1Cl)N1CCCC(CCCl)C1. The number of alkyl halides is 1. The van der Waals surface area contributed by atoms with Gasteiger partial charge in [-0.2, -0.15) is 4.31 Å². The second-order valence-electron chi connectivity index (χ2n) is 4.92. The molecule has 0 amide bonds. The number of sulfonamides is 1. The van der Waals surface area contributed by atoms with Gasteiger partial charge in [0.05, 0.1) is 5.02 Å². The summed E-state index contributed by atoms with van der Waals surface area (Å²) in [4.78, 5) is 0.175. The minimum Gasteiger partial charge on any atom is -0.207 e. The molecule has 2 rings (SSSR count). The zero-order valence-electron chi connectivity index (χ0n) is 10.9. The van der Waals surface area contributed by atoms with Crippen LogP contribution in [0.5, 0.6) is 0 Å². The molecule has 7 heteroatoms. The average Bonchev–Trinajstić information content (AvgIpc) is 2.39. The molecule has 1 atom stereocenters. The van der Waals surface area contributed by atoms with E-state index in [0.29, 0.717) is 24.9 Å². The molecule has 1 aromatic carbocycles. The number of piperidine rings is 1. The minimum atomic E-state index is -3.52. The Morgan fingerprint density at radius 2 is 2.15 bits per heavy atom. The van der Waals surface area contributed by atoms with E-state index in [2.05, 4.69) is 15.9 Å².